The minimum Gasteiger partial charge on any atom is -0.342 e. The monoisotopic (exact) mass is 155 g/mol. The van der Waals surface area contributed by atoms with Gasteiger partial charge in [-0.15, -0.1) is 0 Å². The van der Waals surface area contributed by atoms with Gasteiger partial charge in [0, 0.05) is 19.2 Å². The van der Waals surface area contributed by atoms with Gasteiger partial charge in [0.15, 0.2) is 0 Å². The van der Waals surface area contributed by atoms with Crippen molar-refractivity contribution >= 4 is 5.91 Å². The lowest BCUT2D eigenvalue weighted by atomic mass is 10.1. The molecule has 0 aliphatic heterocycles. The van der Waals surface area contributed by atoms with E-state index in [0.29, 0.717) is 0 Å². The molecule has 0 aromatic carbocycles. The fraction of sp³-hybridized carbons (Fsp3) is 0.667. The number of rotatable bonds is 2. The van der Waals surface area contributed by atoms with Crippen molar-refractivity contribution in [1.29, 1.82) is 0 Å². The van der Waals surface area contributed by atoms with Crippen LogP contribution in [0.2, 0.25) is 0 Å². The van der Waals surface area contributed by atoms with E-state index in [1.165, 1.54) is 0 Å². The van der Waals surface area contributed by atoms with Crippen LogP contribution in [0.15, 0.2) is 11.1 Å². The molecule has 0 radical (unpaired) electrons. The highest BCUT2D eigenvalue weighted by Crippen LogP contribution is 2.04. The number of hydrogen-bond donors (Lipinski definition) is 0. The zero-order valence-corrected chi connectivity index (χ0v) is 8.06. The predicted octanol–water partition coefficient (Wildman–Crippen LogP) is 1.82. The van der Waals surface area contributed by atoms with Crippen LogP contribution in [0.5, 0.6) is 0 Å². The Hall–Kier alpha value is -0.790. The van der Waals surface area contributed by atoms with Crippen molar-refractivity contribution < 1.29 is 4.79 Å². The number of nitrogens with zero attached hydrogens (tertiary/aromatic N) is 1. The van der Waals surface area contributed by atoms with E-state index >= 15 is 0 Å². The molecule has 0 bridgehead atoms. The van der Waals surface area contributed by atoms with Crippen molar-refractivity contribution in [3.8, 4) is 0 Å². The van der Waals surface area contributed by atoms with Gasteiger partial charge < -0.3 is 4.90 Å². The van der Waals surface area contributed by atoms with E-state index in [9.17, 15) is 4.79 Å². The SMILES string of the molecule is CCN(C)C(=O)C(C)=C(C)C. The van der Waals surface area contributed by atoms with E-state index < -0.39 is 0 Å². The Kier molecular flexibility index (Phi) is 3.86. The molecule has 0 spiro atoms. The van der Waals surface area contributed by atoms with Crippen molar-refractivity contribution in [3.05, 3.63) is 11.1 Å². The van der Waals surface area contributed by atoms with Gasteiger partial charge in [0.2, 0.25) is 5.91 Å². The van der Waals surface area contributed by atoms with E-state index in [2.05, 4.69) is 0 Å². The molecule has 0 unspecified atom stereocenters. The molecule has 0 aromatic heterocycles. The lowest BCUT2D eigenvalue weighted by Gasteiger charge is -2.15. The summed E-state index contributed by atoms with van der Waals surface area (Å²) in [6, 6.07) is 0. The molecule has 0 N–H and O–H groups in total. The standard InChI is InChI=1S/C9H17NO/c1-6-10(5)9(11)8(4)7(2)3/h6H2,1-5H3. The van der Waals surface area contributed by atoms with E-state index in [4.69, 9.17) is 0 Å². The van der Waals surface area contributed by atoms with Crippen LogP contribution >= 0.6 is 0 Å². The van der Waals surface area contributed by atoms with Crippen LogP contribution in [0.1, 0.15) is 27.7 Å². The van der Waals surface area contributed by atoms with E-state index in [-0.39, 0.29) is 5.91 Å². The summed E-state index contributed by atoms with van der Waals surface area (Å²) in [5, 5.41) is 0. The first kappa shape index (κ1) is 10.2. The van der Waals surface area contributed by atoms with Crippen LogP contribution in [0.25, 0.3) is 0 Å². The number of carbonyl (C=O) groups is 1. The Labute approximate surface area is 68.9 Å². The lowest BCUT2D eigenvalue weighted by Crippen LogP contribution is -2.27. The van der Waals surface area contributed by atoms with E-state index in [0.717, 1.165) is 17.7 Å². The Bertz CT molecular complexity index is 178. The molecule has 0 aliphatic carbocycles. The zero-order valence-electron chi connectivity index (χ0n) is 8.06. The van der Waals surface area contributed by atoms with Gasteiger partial charge in [-0.05, 0) is 27.7 Å². The van der Waals surface area contributed by atoms with Crippen LogP contribution in [0, 0.1) is 0 Å². The van der Waals surface area contributed by atoms with Crippen molar-refractivity contribution in [1.82, 2.24) is 4.90 Å². The maximum Gasteiger partial charge on any atom is 0.249 e. The Balaban J connectivity index is 4.38. The van der Waals surface area contributed by atoms with Crippen molar-refractivity contribution in [3.63, 3.8) is 0 Å². The summed E-state index contributed by atoms with van der Waals surface area (Å²) in [4.78, 5) is 13.1. The van der Waals surface area contributed by atoms with Crippen LogP contribution in [0.4, 0.5) is 0 Å². The number of allylic oxidation sites excluding steroid dienone is 1. The molecule has 0 saturated heterocycles. The third kappa shape index (κ3) is 2.74. The summed E-state index contributed by atoms with van der Waals surface area (Å²) in [6.45, 7) is 8.51. The van der Waals surface area contributed by atoms with Crippen molar-refractivity contribution in [2.45, 2.75) is 27.7 Å². The summed E-state index contributed by atoms with van der Waals surface area (Å²) in [6.07, 6.45) is 0. The summed E-state index contributed by atoms with van der Waals surface area (Å²) >= 11 is 0. The quantitative estimate of drug-likeness (QED) is 0.557. The molecule has 11 heavy (non-hydrogen) atoms. The average molecular weight is 155 g/mol. The van der Waals surface area contributed by atoms with Crippen LogP contribution in [-0.2, 0) is 4.79 Å². The number of amides is 1. The molecule has 0 aliphatic rings. The van der Waals surface area contributed by atoms with Gasteiger partial charge in [-0.3, -0.25) is 4.79 Å². The molecule has 2 heteroatoms. The van der Waals surface area contributed by atoms with E-state index in [1.807, 2.05) is 34.7 Å². The molecule has 2 nitrogen and oxygen atoms in total. The van der Waals surface area contributed by atoms with Crippen molar-refractivity contribution in [2.24, 2.45) is 0 Å². The van der Waals surface area contributed by atoms with Gasteiger partial charge in [0.05, 0.1) is 0 Å². The molecule has 1 amide bonds. The van der Waals surface area contributed by atoms with Gasteiger partial charge in [0.25, 0.3) is 0 Å². The Morgan fingerprint density at radius 2 is 1.73 bits per heavy atom. The molecule has 0 heterocycles. The smallest absolute Gasteiger partial charge is 0.249 e. The summed E-state index contributed by atoms with van der Waals surface area (Å²) in [5.41, 5.74) is 1.95. The molecular weight excluding hydrogens is 138 g/mol. The Morgan fingerprint density at radius 3 is 2.00 bits per heavy atom. The van der Waals surface area contributed by atoms with Crippen LogP contribution in [0.3, 0.4) is 0 Å². The van der Waals surface area contributed by atoms with Crippen LogP contribution in [-0.4, -0.2) is 24.4 Å². The fourth-order valence-electron chi connectivity index (χ4n) is 0.644. The molecule has 0 aromatic rings. The first-order chi connectivity index (χ1) is 5.00. The molecule has 0 atom stereocenters. The lowest BCUT2D eigenvalue weighted by molar-refractivity contribution is -0.125. The molecular formula is C9H17NO. The van der Waals surface area contributed by atoms with Gasteiger partial charge >= 0.3 is 0 Å². The topological polar surface area (TPSA) is 20.3 Å². The first-order valence-electron chi connectivity index (χ1n) is 3.90. The number of hydrogen-bond acceptors (Lipinski definition) is 1. The molecule has 0 rings (SSSR count). The molecule has 64 valence electrons. The normalized spacial score (nSPS) is 9.18. The largest absolute Gasteiger partial charge is 0.342 e. The molecule has 0 saturated carbocycles. The van der Waals surface area contributed by atoms with Gasteiger partial charge in [0.1, 0.15) is 0 Å². The second-order valence-electron chi connectivity index (χ2n) is 2.94. The second-order valence-corrected chi connectivity index (χ2v) is 2.94. The third-order valence-electron chi connectivity index (χ3n) is 1.89. The van der Waals surface area contributed by atoms with E-state index in [1.54, 1.807) is 4.90 Å². The highest BCUT2D eigenvalue weighted by atomic mass is 16.2. The van der Waals surface area contributed by atoms with Crippen molar-refractivity contribution in [2.75, 3.05) is 13.6 Å². The first-order valence-corrected chi connectivity index (χ1v) is 3.90. The number of likely N-dealkylation sites (N-methyl/N-ethyl adjacent to an activating group) is 1. The summed E-state index contributed by atoms with van der Waals surface area (Å²) in [7, 11) is 1.81. The average Bonchev–Trinajstić information content (AvgIpc) is 2.00. The minimum absolute atomic E-state index is 0.132. The maximum atomic E-state index is 11.4. The minimum atomic E-state index is 0.132. The maximum absolute atomic E-state index is 11.4. The predicted molar refractivity (Wildman–Crippen MR) is 47.4 cm³/mol. The number of carbonyl (C=O) groups excluding carboxylic acids is 1. The fourth-order valence-corrected chi connectivity index (χ4v) is 0.644. The zero-order chi connectivity index (χ0) is 9.02. The Morgan fingerprint density at radius 1 is 1.27 bits per heavy atom. The molecule has 0 fully saturated rings. The van der Waals surface area contributed by atoms with Gasteiger partial charge in [-0.25, -0.2) is 0 Å². The van der Waals surface area contributed by atoms with Gasteiger partial charge in [-0.1, -0.05) is 5.57 Å². The summed E-state index contributed by atoms with van der Waals surface area (Å²) < 4.78 is 0. The van der Waals surface area contributed by atoms with Crippen LogP contribution < -0.4 is 0 Å². The second kappa shape index (κ2) is 4.16. The highest BCUT2D eigenvalue weighted by molar-refractivity contribution is 5.93. The summed E-state index contributed by atoms with van der Waals surface area (Å²) in [5.74, 6) is 0.132. The van der Waals surface area contributed by atoms with Gasteiger partial charge in [-0.2, -0.15) is 0 Å². The highest BCUT2D eigenvalue weighted by Gasteiger charge is 2.08. The third-order valence-corrected chi connectivity index (χ3v) is 1.89.